The third-order valence-corrected chi connectivity index (χ3v) is 2.47. The van der Waals surface area contributed by atoms with Crippen LogP contribution >= 0.6 is 0 Å². The summed E-state index contributed by atoms with van der Waals surface area (Å²) in [6, 6.07) is 5.91. The Hall–Kier alpha value is -1.95. The van der Waals surface area contributed by atoms with Crippen molar-refractivity contribution in [2.45, 2.75) is 13.8 Å². The molecule has 0 saturated heterocycles. The predicted molar refractivity (Wildman–Crippen MR) is 69.4 cm³/mol. The average molecular weight is 251 g/mol. The number of hydrogen-bond donors (Lipinski definition) is 2. The van der Waals surface area contributed by atoms with Crippen molar-refractivity contribution in [3.05, 3.63) is 34.4 Å². The summed E-state index contributed by atoms with van der Waals surface area (Å²) in [5, 5.41) is 16.3. The van der Waals surface area contributed by atoms with E-state index in [4.69, 9.17) is 0 Å². The number of nitrogens with zero attached hydrogens (tertiary/aromatic N) is 1. The van der Waals surface area contributed by atoms with Crippen LogP contribution in [0.2, 0.25) is 0 Å². The van der Waals surface area contributed by atoms with Gasteiger partial charge in [-0.25, -0.2) is 0 Å². The lowest BCUT2D eigenvalue weighted by atomic mass is 10.1. The van der Waals surface area contributed by atoms with Gasteiger partial charge < -0.3 is 10.6 Å². The number of hydrogen-bond acceptors (Lipinski definition) is 4. The second kappa shape index (κ2) is 6.70. The van der Waals surface area contributed by atoms with E-state index in [1.165, 1.54) is 12.1 Å². The first-order chi connectivity index (χ1) is 8.54. The molecule has 98 valence electrons. The smallest absolute Gasteiger partial charge is 0.271 e. The van der Waals surface area contributed by atoms with Crippen LogP contribution in [-0.4, -0.2) is 23.9 Å². The number of benzene rings is 1. The molecule has 0 aliphatic rings. The van der Waals surface area contributed by atoms with Crippen molar-refractivity contribution in [2.24, 2.45) is 5.92 Å². The van der Waals surface area contributed by atoms with Gasteiger partial charge >= 0.3 is 0 Å². The van der Waals surface area contributed by atoms with Gasteiger partial charge in [0, 0.05) is 30.3 Å². The molecular formula is C12H17N3O3. The van der Waals surface area contributed by atoms with Crippen LogP contribution in [0.15, 0.2) is 24.3 Å². The van der Waals surface area contributed by atoms with Gasteiger partial charge in [-0.15, -0.1) is 0 Å². The van der Waals surface area contributed by atoms with E-state index in [0.29, 0.717) is 12.2 Å². The number of anilines is 1. The van der Waals surface area contributed by atoms with Gasteiger partial charge in [-0.05, 0) is 12.6 Å². The second-order valence-corrected chi connectivity index (χ2v) is 4.01. The number of carbonyl (C=O) groups excluding carboxylic acids is 1. The molecule has 1 amide bonds. The van der Waals surface area contributed by atoms with E-state index < -0.39 is 4.92 Å². The van der Waals surface area contributed by atoms with Gasteiger partial charge in [0.05, 0.1) is 4.92 Å². The Labute approximate surface area is 106 Å². The van der Waals surface area contributed by atoms with E-state index in [2.05, 4.69) is 10.6 Å². The summed E-state index contributed by atoms with van der Waals surface area (Å²) >= 11 is 0. The van der Waals surface area contributed by atoms with Crippen LogP contribution in [0.1, 0.15) is 13.8 Å². The highest BCUT2D eigenvalue weighted by atomic mass is 16.6. The number of amides is 1. The van der Waals surface area contributed by atoms with E-state index in [-0.39, 0.29) is 17.5 Å². The van der Waals surface area contributed by atoms with Gasteiger partial charge in [0.25, 0.3) is 5.69 Å². The lowest BCUT2D eigenvalue weighted by Crippen LogP contribution is -2.30. The lowest BCUT2D eigenvalue weighted by molar-refractivity contribution is -0.384. The summed E-state index contributed by atoms with van der Waals surface area (Å²) in [6.07, 6.45) is 0. The van der Waals surface area contributed by atoms with Crippen LogP contribution in [0.5, 0.6) is 0 Å². The first-order valence-corrected chi connectivity index (χ1v) is 5.80. The summed E-state index contributed by atoms with van der Waals surface area (Å²) in [5.41, 5.74) is 0.407. The number of non-ortho nitro benzene ring substituents is 1. The highest BCUT2D eigenvalue weighted by Gasteiger charge is 2.13. The Balaban J connectivity index is 2.64. The van der Waals surface area contributed by atoms with Gasteiger partial charge in [0.15, 0.2) is 0 Å². The summed E-state index contributed by atoms with van der Waals surface area (Å²) in [4.78, 5) is 21.9. The van der Waals surface area contributed by atoms with Gasteiger partial charge in [-0.3, -0.25) is 14.9 Å². The molecule has 6 heteroatoms. The summed E-state index contributed by atoms with van der Waals surface area (Å²) in [6.45, 7) is 5.15. The van der Waals surface area contributed by atoms with Crippen LogP contribution in [0.25, 0.3) is 0 Å². The molecule has 18 heavy (non-hydrogen) atoms. The predicted octanol–water partition coefficient (Wildman–Crippen LogP) is 1.78. The van der Waals surface area contributed by atoms with E-state index in [0.717, 1.165) is 6.54 Å². The Kier molecular flexibility index (Phi) is 5.26. The zero-order valence-corrected chi connectivity index (χ0v) is 10.5. The molecule has 0 heterocycles. The number of rotatable bonds is 6. The molecule has 0 bridgehead atoms. The standard InChI is InChI=1S/C12H17N3O3/c1-3-13-8-9(2)12(16)14-10-5-4-6-11(7-10)15(17)18/h4-7,9,13H,3,8H2,1-2H3,(H,14,16). The van der Waals surface area contributed by atoms with Gasteiger partial charge in [-0.1, -0.05) is 19.9 Å². The minimum absolute atomic E-state index is 0.0351. The third kappa shape index (κ3) is 4.14. The molecule has 0 spiro atoms. The molecule has 0 aliphatic carbocycles. The number of nitro benzene ring substituents is 1. The monoisotopic (exact) mass is 251 g/mol. The summed E-state index contributed by atoms with van der Waals surface area (Å²) in [7, 11) is 0. The molecule has 0 aliphatic heterocycles. The normalized spacial score (nSPS) is 11.9. The van der Waals surface area contributed by atoms with E-state index >= 15 is 0 Å². The molecular weight excluding hydrogens is 234 g/mol. The van der Waals surface area contributed by atoms with Crippen molar-refractivity contribution < 1.29 is 9.72 Å². The van der Waals surface area contributed by atoms with Gasteiger partial charge in [0.1, 0.15) is 0 Å². The fraction of sp³-hybridized carbons (Fsp3) is 0.417. The molecule has 1 rings (SSSR count). The average Bonchev–Trinajstić information content (AvgIpc) is 2.36. The van der Waals surface area contributed by atoms with Crippen LogP contribution in [0.4, 0.5) is 11.4 Å². The third-order valence-electron chi connectivity index (χ3n) is 2.47. The van der Waals surface area contributed by atoms with E-state index in [9.17, 15) is 14.9 Å². The van der Waals surface area contributed by atoms with Crippen LogP contribution in [-0.2, 0) is 4.79 Å². The van der Waals surface area contributed by atoms with Crippen LogP contribution in [0, 0.1) is 16.0 Å². The Bertz CT molecular complexity index is 434. The maximum Gasteiger partial charge on any atom is 0.271 e. The second-order valence-electron chi connectivity index (χ2n) is 4.01. The molecule has 2 N–H and O–H groups in total. The first kappa shape index (κ1) is 14.1. The Morgan fingerprint density at radius 1 is 1.50 bits per heavy atom. The quantitative estimate of drug-likeness (QED) is 0.596. The summed E-state index contributed by atoms with van der Waals surface area (Å²) in [5.74, 6) is -0.347. The molecule has 1 aromatic carbocycles. The molecule has 0 fully saturated rings. The van der Waals surface area contributed by atoms with Crippen molar-refractivity contribution in [1.29, 1.82) is 0 Å². The number of carbonyl (C=O) groups is 1. The van der Waals surface area contributed by atoms with Crippen LogP contribution < -0.4 is 10.6 Å². The maximum atomic E-state index is 11.8. The highest BCUT2D eigenvalue weighted by molar-refractivity contribution is 5.92. The topological polar surface area (TPSA) is 84.3 Å². The molecule has 1 atom stereocenters. The minimum atomic E-state index is -0.488. The fourth-order valence-corrected chi connectivity index (χ4v) is 1.42. The molecule has 1 unspecified atom stereocenters. The molecule has 0 saturated carbocycles. The molecule has 0 aromatic heterocycles. The number of nitro groups is 1. The van der Waals surface area contributed by atoms with Crippen molar-refractivity contribution in [3.8, 4) is 0 Å². The molecule has 6 nitrogen and oxygen atoms in total. The SMILES string of the molecule is CCNCC(C)C(=O)Nc1cccc([N+](=O)[O-])c1. The highest BCUT2D eigenvalue weighted by Crippen LogP contribution is 2.17. The first-order valence-electron chi connectivity index (χ1n) is 5.80. The fourth-order valence-electron chi connectivity index (χ4n) is 1.42. The Morgan fingerprint density at radius 3 is 2.83 bits per heavy atom. The van der Waals surface area contributed by atoms with E-state index in [1.807, 2.05) is 6.92 Å². The maximum absolute atomic E-state index is 11.8. The summed E-state index contributed by atoms with van der Waals surface area (Å²) < 4.78 is 0. The Morgan fingerprint density at radius 2 is 2.22 bits per heavy atom. The number of nitrogens with one attached hydrogen (secondary N) is 2. The zero-order chi connectivity index (χ0) is 13.5. The van der Waals surface area contributed by atoms with Gasteiger partial charge in [-0.2, -0.15) is 0 Å². The zero-order valence-electron chi connectivity index (χ0n) is 10.5. The van der Waals surface area contributed by atoms with Crippen molar-refractivity contribution >= 4 is 17.3 Å². The van der Waals surface area contributed by atoms with Crippen molar-refractivity contribution in [3.63, 3.8) is 0 Å². The molecule has 0 radical (unpaired) electrons. The van der Waals surface area contributed by atoms with Crippen LogP contribution in [0.3, 0.4) is 0 Å². The largest absolute Gasteiger partial charge is 0.326 e. The lowest BCUT2D eigenvalue weighted by Gasteiger charge is -2.12. The van der Waals surface area contributed by atoms with Gasteiger partial charge in [0.2, 0.25) is 5.91 Å². The minimum Gasteiger partial charge on any atom is -0.326 e. The van der Waals surface area contributed by atoms with E-state index in [1.54, 1.807) is 19.1 Å². The molecule has 1 aromatic rings. The van der Waals surface area contributed by atoms with Crippen molar-refractivity contribution in [2.75, 3.05) is 18.4 Å². The van der Waals surface area contributed by atoms with Crippen molar-refractivity contribution in [1.82, 2.24) is 5.32 Å².